The van der Waals surface area contributed by atoms with Gasteiger partial charge in [-0.2, -0.15) is 12.6 Å². The van der Waals surface area contributed by atoms with Crippen LogP contribution in [0.25, 0.3) is 0 Å². The molecular formula is C9H13NO2S. The maximum absolute atomic E-state index is 9.60. The molecule has 0 radical (unpaired) electrons. The van der Waals surface area contributed by atoms with Gasteiger partial charge in [-0.25, -0.2) is 0 Å². The van der Waals surface area contributed by atoms with Crippen LogP contribution in [0.3, 0.4) is 0 Å². The number of hydrogen-bond donors (Lipinski definition) is 3. The molecule has 4 heteroatoms. The quantitative estimate of drug-likeness (QED) is 0.629. The lowest BCUT2D eigenvalue weighted by atomic mass is 10.1. The highest BCUT2D eigenvalue weighted by molar-refractivity contribution is 7.80. The molecule has 13 heavy (non-hydrogen) atoms. The Morgan fingerprint density at radius 1 is 1.46 bits per heavy atom. The third kappa shape index (κ3) is 2.99. The van der Waals surface area contributed by atoms with Gasteiger partial charge in [-0.1, -0.05) is 6.07 Å². The van der Waals surface area contributed by atoms with Crippen LogP contribution in [0.15, 0.2) is 24.5 Å². The zero-order valence-electron chi connectivity index (χ0n) is 7.17. The lowest BCUT2D eigenvalue weighted by Crippen LogP contribution is -2.18. The van der Waals surface area contributed by atoms with Crippen molar-refractivity contribution in [2.45, 2.75) is 18.6 Å². The number of nitrogens with zero attached hydrogens (tertiary/aromatic N) is 1. The number of pyridine rings is 1. The maximum Gasteiger partial charge on any atom is 0.106 e. The Hall–Kier alpha value is -0.580. The van der Waals surface area contributed by atoms with E-state index in [0.717, 1.165) is 0 Å². The van der Waals surface area contributed by atoms with Gasteiger partial charge in [0.1, 0.15) is 6.10 Å². The second-order valence-corrected chi connectivity index (χ2v) is 3.26. The molecule has 0 aliphatic carbocycles. The summed E-state index contributed by atoms with van der Waals surface area (Å²) in [6.07, 6.45) is 2.02. The molecule has 0 aliphatic heterocycles. The second kappa shape index (κ2) is 5.21. The van der Waals surface area contributed by atoms with E-state index in [-0.39, 0.29) is 0 Å². The fraction of sp³-hybridized carbons (Fsp3) is 0.444. The Labute approximate surface area is 82.9 Å². The number of aliphatic hydroxyl groups is 2. The van der Waals surface area contributed by atoms with Gasteiger partial charge in [0.25, 0.3) is 0 Å². The molecule has 0 bridgehead atoms. The maximum atomic E-state index is 9.60. The molecular weight excluding hydrogens is 186 g/mol. The highest BCUT2D eigenvalue weighted by Crippen LogP contribution is 2.17. The van der Waals surface area contributed by atoms with E-state index in [0.29, 0.717) is 17.7 Å². The minimum Gasteiger partial charge on any atom is -0.390 e. The smallest absolute Gasteiger partial charge is 0.106 e. The van der Waals surface area contributed by atoms with E-state index in [1.807, 2.05) is 0 Å². The standard InChI is InChI=1S/C9H13NO2S/c11-8(3-5-13)9(12)7-2-1-4-10-6-7/h1-2,4,6,8-9,11-13H,3,5H2. The van der Waals surface area contributed by atoms with Crippen LogP contribution < -0.4 is 0 Å². The minimum atomic E-state index is -0.860. The molecule has 0 fully saturated rings. The van der Waals surface area contributed by atoms with Gasteiger partial charge in [0.15, 0.2) is 0 Å². The summed E-state index contributed by atoms with van der Waals surface area (Å²) in [5.74, 6) is 0.554. The zero-order valence-corrected chi connectivity index (χ0v) is 8.06. The van der Waals surface area contributed by atoms with Crippen LogP contribution in [0.4, 0.5) is 0 Å². The number of rotatable bonds is 4. The lowest BCUT2D eigenvalue weighted by Gasteiger charge is -2.16. The van der Waals surface area contributed by atoms with E-state index in [4.69, 9.17) is 0 Å². The van der Waals surface area contributed by atoms with Gasteiger partial charge in [0.2, 0.25) is 0 Å². The minimum absolute atomic E-state index is 0.471. The van der Waals surface area contributed by atoms with Crippen molar-refractivity contribution < 1.29 is 10.2 Å². The average Bonchev–Trinajstić information content (AvgIpc) is 2.18. The van der Waals surface area contributed by atoms with Crippen LogP contribution in [0, 0.1) is 0 Å². The molecule has 0 aromatic carbocycles. The predicted molar refractivity (Wildman–Crippen MR) is 53.7 cm³/mol. The predicted octanol–water partition coefficient (Wildman–Crippen LogP) is 0.796. The largest absolute Gasteiger partial charge is 0.390 e. The molecule has 0 spiro atoms. The van der Waals surface area contributed by atoms with Crippen LogP contribution in [0.2, 0.25) is 0 Å². The summed E-state index contributed by atoms with van der Waals surface area (Å²) in [6.45, 7) is 0. The molecule has 0 saturated carbocycles. The summed E-state index contributed by atoms with van der Waals surface area (Å²) in [7, 11) is 0. The van der Waals surface area contributed by atoms with Crippen molar-refractivity contribution in [2.24, 2.45) is 0 Å². The van der Waals surface area contributed by atoms with E-state index in [1.54, 1.807) is 24.5 Å². The number of aromatic nitrogens is 1. The molecule has 1 heterocycles. The summed E-state index contributed by atoms with van der Waals surface area (Å²) < 4.78 is 0. The number of hydrogen-bond acceptors (Lipinski definition) is 4. The number of aliphatic hydroxyl groups excluding tert-OH is 2. The van der Waals surface area contributed by atoms with E-state index in [9.17, 15) is 10.2 Å². The van der Waals surface area contributed by atoms with Crippen LogP contribution in [0.1, 0.15) is 18.1 Å². The second-order valence-electron chi connectivity index (χ2n) is 2.81. The van der Waals surface area contributed by atoms with E-state index in [2.05, 4.69) is 17.6 Å². The first kappa shape index (κ1) is 10.5. The average molecular weight is 199 g/mol. The van der Waals surface area contributed by atoms with Crippen molar-refractivity contribution in [3.8, 4) is 0 Å². The molecule has 2 N–H and O–H groups in total. The van der Waals surface area contributed by atoms with Crippen LogP contribution in [-0.2, 0) is 0 Å². The molecule has 0 saturated heterocycles. The summed E-state index contributed by atoms with van der Waals surface area (Å²) in [6, 6.07) is 3.46. The Morgan fingerprint density at radius 3 is 2.77 bits per heavy atom. The topological polar surface area (TPSA) is 53.4 Å². The summed E-state index contributed by atoms with van der Waals surface area (Å²) in [5.41, 5.74) is 0.636. The molecule has 2 atom stereocenters. The molecule has 1 aromatic heterocycles. The molecule has 1 aromatic rings. The molecule has 0 amide bonds. The van der Waals surface area contributed by atoms with E-state index >= 15 is 0 Å². The van der Waals surface area contributed by atoms with Gasteiger partial charge in [0, 0.05) is 18.0 Å². The van der Waals surface area contributed by atoms with E-state index < -0.39 is 12.2 Å². The fourth-order valence-corrected chi connectivity index (χ4v) is 1.33. The summed E-state index contributed by atoms with van der Waals surface area (Å²) in [5, 5.41) is 19.0. The molecule has 0 aliphatic rings. The summed E-state index contributed by atoms with van der Waals surface area (Å²) >= 11 is 3.98. The first-order chi connectivity index (χ1) is 6.25. The molecule has 2 unspecified atom stereocenters. The highest BCUT2D eigenvalue weighted by Gasteiger charge is 2.16. The first-order valence-electron chi connectivity index (χ1n) is 4.12. The summed E-state index contributed by atoms with van der Waals surface area (Å²) in [4.78, 5) is 3.86. The van der Waals surface area contributed by atoms with Gasteiger partial charge < -0.3 is 10.2 Å². The van der Waals surface area contributed by atoms with Crippen LogP contribution in [0.5, 0.6) is 0 Å². The fourth-order valence-electron chi connectivity index (χ4n) is 1.06. The molecule has 3 nitrogen and oxygen atoms in total. The van der Waals surface area contributed by atoms with Crippen molar-refractivity contribution in [3.63, 3.8) is 0 Å². The Kier molecular flexibility index (Phi) is 4.21. The zero-order chi connectivity index (χ0) is 9.68. The van der Waals surface area contributed by atoms with E-state index in [1.165, 1.54) is 0 Å². The van der Waals surface area contributed by atoms with Gasteiger partial charge in [0.05, 0.1) is 6.10 Å². The third-order valence-electron chi connectivity index (χ3n) is 1.82. The van der Waals surface area contributed by atoms with Crippen molar-refractivity contribution in [1.82, 2.24) is 4.98 Å². The monoisotopic (exact) mass is 199 g/mol. The Morgan fingerprint density at radius 2 is 2.23 bits per heavy atom. The van der Waals surface area contributed by atoms with Crippen LogP contribution >= 0.6 is 12.6 Å². The van der Waals surface area contributed by atoms with Crippen molar-refractivity contribution in [1.29, 1.82) is 0 Å². The van der Waals surface area contributed by atoms with Gasteiger partial charge in [-0.3, -0.25) is 4.98 Å². The van der Waals surface area contributed by atoms with Crippen molar-refractivity contribution in [2.75, 3.05) is 5.75 Å². The van der Waals surface area contributed by atoms with Crippen molar-refractivity contribution >= 4 is 12.6 Å². The van der Waals surface area contributed by atoms with Gasteiger partial charge >= 0.3 is 0 Å². The van der Waals surface area contributed by atoms with Gasteiger partial charge in [-0.05, 0) is 18.2 Å². The molecule has 1 rings (SSSR count). The Bertz CT molecular complexity index is 243. The third-order valence-corrected chi connectivity index (χ3v) is 2.07. The normalized spacial score (nSPS) is 15.3. The first-order valence-corrected chi connectivity index (χ1v) is 4.76. The number of thiol groups is 1. The van der Waals surface area contributed by atoms with Gasteiger partial charge in [-0.15, -0.1) is 0 Å². The molecule has 72 valence electrons. The Balaban J connectivity index is 2.62. The lowest BCUT2D eigenvalue weighted by molar-refractivity contribution is 0.0170. The SMILES string of the molecule is OC(CCS)C(O)c1cccnc1. The highest BCUT2D eigenvalue weighted by atomic mass is 32.1. The van der Waals surface area contributed by atoms with Crippen LogP contribution in [-0.4, -0.2) is 27.1 Å². The van der Waals surface area contributed by atoms with Crippen molar-refractivity contribution in [3.05, 3.63) is 30.1 Å².